The van der Waals surface area contributed by atoms with Crippen molar-refractivity contribution in [3.05, 3.63) is 0 Å². The standard InChI is InChI=1S/C27H51N/c1-3-5-6-7-8-9-11-14-17-20-24-27(23-4-2)28-25-21-18-15-12-10-13-16-19-22-26-28/h1,27H,4-26H2,2H3. The summed E-state index contributed by atoms with van der Waals surface area (Å²) in [6.07, 6.45) is 34.7. The minimum absolute atomic E-state index is 0.858. The number of hydrogen-bond donors (Lipinski definition) is 0. The predicted octanol–water partition coefficient (Wildman–Crippen LogP) is 8.52. The number of nitrogens with zero attached hydrogens (tertiary/aromatic N) is 1. The van der Waals surface area contributed by atoms with E-state index >= 15 is 0 Å². The molecule has 0 aliphatic carbocycles. The SMILES string of the molecule is C#CCCCCCCCCCCC(CCC)N1CCCCCCCCCCC1. The molecular formula is C27H51N. The molecule has 1 atom stereocenters. The highest BCUT2D eigenvalue weighted by Crippen LogP contribution is 2.20. The van der Waals surface area contributed by atoms with E-state index in [1.165, 1.54) is 142 Å². The molecule has 28 heavy (non-hydrogen) atoms. The average Bonchev–Trinajstić information content (AvgIpc) is 2.69. The van der Waals surface area contributed by atoms with Crippen LogP contribution >= 0.6 is 0 Å². The van der Waals surface area contributed by atoms with Gasteiger partial charge in [0.15, 0.2) is 0 Å². The number of unbranched alkanes of at least 4 members (excludes halogenated alkanes) is 8. The van der Waals surface area contributed by atoms with Crippen LogP contribution in [0.15, 0.2) is 0 Å². The predicted molar refractivity (Wildman–Crippen MR) is 127 cm³/mol. The summed E-state index contributed by atoms with van der Waals surface area (Å²) in [6, 6.07) is 0.858. The Hall–Kier alpha value is -0.480. The van der Waals surface area contributed by atoms with Gasteiger partial charge in [-0.15, -0.1) is 12.3 Å². The quantitative estimate of drug-likeness (QED) is 0.225. The highest BCUT2D eigenvalue weighted by atomic mass is 15.1. The van der Waals surface area contributed by atoms with Gasteiger partial charge in [0.2, 0.25) is 0 Å². The summed E-state index contributed by atoms with van der Waals surface area (Å²) in [5, 5.41) is 0. The minimum atomic E-state index is 0.858. The number of terminal acetylenes is 1. The number of hydrogen-bond acceptors (Lipinski definition) is 1. The first-order valence-corrected chi connectivity index (χ1v) is 13.1. The van der Waals surface area contributed by atoms with Gasteiger partial charge in [0, 0.05) is 12.5 Å². The van der Waals surface area contributed by atoms with Gasteiger partial charge in [0.25, 0.3) is 0 Å². The lowest BCUT2D eigenvalue weighted by Crippen LogP contribution is -2.37. The zero-order chi connectivity index (χ0) is 20.1. The lowest BCUT2D eigenvalue weighted by molar-refractivity contribution is 0.164. The van der Waals surface area contributed by atoms with Gasteiger partial charge in [0.05, 0.1) is 0 Å². The van der Waals surface area contributed by atoms with Crippen molar-refractivity contribution >= 4 is 0 Å². The van der Waals surface area contributed by atoms with E-state index in [1.54, 1.807) is 0 Å². The lowest BCUT2D eigenvalue weighted by atomic mass is 9.99. The first-order chi connectivity index (χ1) is 13.9. The molecule has 0 aromatic heterocycles. The molecule has 1 heterocycles. The maximum atomic E-state index is 5.31. The van der Waals surface area contributed by atoms with E-state index in [2.05, 4.69) is 17.7 Å². The van der Waals surface area contributed by atoms with Crippen molar-refractivity contribution in [3.8, 4) is 12.3 Å². The average molecular weight is 390 g/mol. The Labute approximate surface area is 178 Å². The zero-order valence-electron chi connectivity index (χ0n) is 19.4. The molecule has 1 aliphatic heterocycles. The third kappa shape index (κ3) is 14.5. The topological polar surface area (TPSA) is 3.24 Å². The van der Waals surface area contributed by atoms with Crippen molar-refractivity contribution in [1.82, 2.24) is 4.90 Å². The van der Waals surface area contributed by atoms with Gasteiger partial charge in [-0.1, -0.05) is 103 Å². The van der Waals surface area contributed by atoms with Gasteiger partial charge < -0.3 is 4.90 Å². The summed E-state index contributed by atoms with van der Waals surface area (Å²) in [5.41, 5.74) is 0. The van der Waals surface area contributed by atoms with Crippen LogP contribution in [0.3, 0.4) is 0 Å². The molecule has 0 radical (unpaired) electrons. The van der Waals surface area contributed by atoms with E-state index in [9.17, 15) is 0 Å². The zero-order valence-corrected chi connectivity index (χ0v) is 19.4. The summed E-state index contributed by atoms with van der Waals surface area (Å²) >= 11 is 0. The van der Waals surface area contributed by atoms with E-state index in [4.69, 9.17) is 6.42 Å². The Kier molecular flexibility index (Phi) is 18.1. The van der Waals surface area contributed by atoms with Crippen molar-refractivity contribution < 1.29 is 0 Å². The van der Waals surface area contributed by atoms with Gasteiger partial charge in [-0.25, -0.2) is 0 Å². The molecular weight excluding hydrogens is 338 g/mol. The van der Waals surface area contributed by atoms with E-state index < -0.39 is 0 Å². The lowest BCUT2D eigenvalue weighted by Gasteiger charge is -2.32. The third-order valence-electron chi connectivity index (χ3n) is 6.64. The van der Waals surface area contributed by atoms with E-state index in [-0.39, 0.29) is 0 Å². The molecule has 1 unspecified atom stereocenters. The second-order valence-corrected chi connectivity index (χ2v) is 9.23. The van der Waals surface area contributed by atoms with Gasteiger partial charge in [-0.2, -0.15) is 0 Å². The van der Waals surface area contributed by atoms with Crippen LogP contribution < -0.4 is 0 Å². The van der Waals surface area contributed by atoms with Crippen LogP contribution in [0.2, 0.25) is 0 Å². The van der Waals surface area contributed by atoms with Crippen molar-refractivity contribution in [1.29, 1.82) is 0 Å². The normalized spacial score (nSPS) is 18.7. The van der Waals surface area contributed by atoms with Crippen molar-refractivity contribution in [3.63, 3.8) is 0 Å². The van der Waals surface area contributed by atoms with E-state index in [0.717, 1.165) is 12.5 Å². The van der Waals surface area contributed by atoms with E-state index in [0.29, 0.717) is 0 Å². The molecule has 164 valence electrons. The Morgan fingerprint density at radius 3 is 1.61 bits per heavy atom. The van der Waals surface area contributed by atoms with Crippen LogP contribution in [0.1, 0.15) is 142 Å². The Morgan fingerprint density at radius 2 is 1.11 bits per heavy atom. The summed E-state index contributed by atoms with van der Waals surface area (Å²) in [5.74, 6) is 2.75. The first-order valence-electron chi connectivity index (χ1n) is 13.1. The Bertz CT molecular complexity index is 344. The minimum Gasteiger partial charge on any atom is -0.300 e. The summed E-state index contributed by atoms with van der Waals surface area (Å²) in [4.78, 5) is 2.90. The van der Waals surface area contributed by atoms with Gasteiger partial charge in [-0.05, 0) is 45.2 Å². The fourth-order valence-corrected chi connectivity index (χ4v) is 4.85. The maximum absolute atomic E-state index is 5.31. The van der Waals surface area contributed by atoms with E-state index in [1.807, 2.05) is 0 Å². The number of rotatable bonds is 13. The molecule has 0 spiro atoms. The summed E-state index contributed by atoms with van der Waals surface area (Å²) in [6.45, 7) is 5.11. The van der Waals surface area contributed by atoms with Gasteiger partial charge >= 0.3 is 0 Å². The fraction of sp³-hybridized carbons (Fsp3) is 0.926. The molecule has 1 saturated heterocycles. The molecule has 1 heteroatoms. The van der Waals surface area contributed by atoms with Crippen LogP contribution in [0.25, 0.3) is 0 Å². The molecule has 0 amide bonds. The Balaban J connectivity index is 2.21. The second-order valence-electron chi connectivity index (χ2n) is 9.23. The van der Waals surface area contributed by atoms with Crippen molar-refractivity contribution in [2.24, 2.45) is 0 Å². The van der Waals surface area contributed by atoms with Gasteiger partial charge in [0.1, 0.15) is 0 Å². The highest BCUT2D eigenvalue weighted by Gasteiger charge is 2.17. The van der Waals surface area contributed by atoms with Gasteiger partial charge in [-0.3, -0.25) is 0 Å². The molecule has 1 aliphatic rings. The molecule has 1 nitrogen and oxygen atoms in total. The monoisotopic (exact) mass is 389 g/mol. The third-order valence-corrected chi connectivity index (χ3v) is 6.64. The van der Waals surface area contributed by atoms with Crippen LogP contribution in [0.4, 0.5) is 0 Å². The van der Waals surface area contributed by atoms with Crippen LogP contribution in [0.5, 0.6) is 0 Å². The summed E-state index contributed by atoms with van der Waals surface area (Å²) in [7, 11) is 0. The molecule has 0 aromatic rings. The molecule has 0 bridgehead atoms. The molecule has 1 fully saturated rings. The Morgan fingerprint density at radius 1 is 0.643 bits per heavy atom. The molecule has 0 saturated carbocycles. The van der Waals surface area contributed by atoms with Crippen molar-refractivity contribution in [2.75, 3.05) is 13.1 Å². The molecule has 0 N–H and O–H groups in total. The fourth-order valence-electron chi connectivity index (χ4n) is 4.85. The van der Waals surface area contributed by atoms with Crippen molar-refractivity contribution in [2.45, 2.75) is 148 Å². The molecule has 1 rings (SSSR count). The largest absolute Gasteiger partial charge is 0.300 e. The molecule has 0 aromatic carbocycles. The van der Waals surface area contributed by atoms with Crippen LogP contribution in [0, 0.1) is 12.3 Å². The first kappa shape index (κ1) is 25.6. The van der Waals surface area contributed by atoms with Crippen LogP contribution in [-0.4, -0.2) is 24.0 Å². The highest BCUT2D eigenvalue weighted by molar-refractivity contribution is 4.82. The van der Waals surface area contributed by atoms with Crippen LogP contribution in [-0.2, 0) is 0 Å². The second kappa shape index (κ2) is 19.8. The smallest absolute Gasteiger partial charge is 0.00951 e. The summed E-state index contributed by atoms with van der Waals surface area (Å²) < 4.78 is 0. The maximum Gasteiger partial charge on any atom is 0.00951 e.